The van der Waals surface area contributed by atoms with Gasteiger partial charge < -0.3 is 10.6 Å². The first-order valence-corrected chi connectivity index (χ1v) is 8.46. The Morgan fingerprint density at radius 1 is 1.32 bits per heavy atom. The minimum Gasteiger partial charge on any atom is -0.357 e. The summed E-state index contributed by atoms with van der Waals surface area (Å²) in [6.07, 6.45) is 7.77. The van der Waals surface area contributed by atoms with E-state index in [4.69, 9.17) is 0 Å². The zero-order chi connectivity index (χ0) is 15.8. The fourth-order valence-corrected chi connectivity index (χ4v) is 2.84. The summed E-state index contributed by atoms with van der Waals surface area (Å²) in [6, 6.07) is 0. The van der Waals surface area contributed by atoms with Crippen molar-refractivity contribution in [3.05, 3.63) is 34.0 Å². The van der Waals surface area contributed by atoms with E-state index in [2.05, 4.69) is 39.6 Å². The molecule has 0 aromatic carbocycles. The van der Waals surface area contributed by atoms with E-state index in [1.54, 1.807) is 16.0 Å². The number of thiazole rings is 1. The van der Waals surface area contributed by atoms with Crippen LogP contribution in [0.15, 0.2) is 23.6 Å². The van der Waals surface area contributed by atoms with Crippen LogP contribution in [0.2, 0.25) is 0 Å². The summed E-state index contributed by atoms with van der Waals surface area (Å²) in [5.41, 5.74) is 1.10. The van der Waals surface area contributed by atoms with Crippen LogP contribution < -0.4 is 10.6 Å². The van der Waals surface area contributed by atoms with Crippen LogP contribution in [0, 0.1) is 0 Å². The molecule has 0 radical (unpaired) electrons. The molecule has 0 amide bonds. The average molecular weight is 320 g/mol. The van der Waals surface area contributed by atoms with Gasteiger partial charge in [-0.25, -0.2) is 9.98 Å². The number of hydrogen-bond donors (Lipinski definition) is 2. The van der Waals surface area contributed by atoms with Gasteiger partial charge in [-0.15, -0.1) is 11.3 Å². The van der Waals surface area contributed by atoms with Crippen LogP contribution >= 0.6 is 11.3 Å². The molecular weight excluding hydrogens is 296 g/mol. The molecule has 2 aromatic heterocycles. The van der Waals surface area contributed by atoms with Crippen molar-refractivity contribution < 1.29 is 0 Å². The van der Waals surface area contributed by atoms with Crippen LogP contribution in [0.5, 0.6) is 0 Å². The Morgan fingerprint density at radius 2 is 2.18 bits per heavy atom. The van der Waals surface area contributed by atoms with Gasteiger partial charge in [0.2, 0.25) is 0 Å². The number of hydrogen-bond acceptors (Lipinski definition) is 4. The van der Waals surface area contributed by atoms with Crippen molar-refractivity contribution >= 4 is 17.3 Å². The Labute approximate surface area is 135 Å². The van der Waals surface area contributed by atoms with Crippen molar-refractivity contribution in [2.24, 2.45) is 12.0 Å². The fourth-order valence-electron chi connectivity index (χ4n) is 1.98. The topological polar surface area (TPSA) is 67.1 Å². The molecule has 0 saturated carbocycles. The summed E-state index contributed by atoms with van der Waals surface area (Å²) < 4.78 is 1.79. The third kappa shape index (κ3) is 5.14. The molecule has 0 aliphatic rings. The molecule has 0 atom stereocenters. The highest BCUT2D eigenvalue weighted by molar-refractivity contribution is 7.11. The van der Waals surface area contributed by atoms with Crippen LogP contribution in [0.4, 0.5) is 0 Å². The lowest BCUT2D eigenvalue weighted by Gasteiger charge is -2.10. The second-order valence-corrected chi connectivity index (χ2v) is 6.17. The van der Waals surface area contributed by atoms with E-state index in [1.807, 2.05) is 25.6 Å². The lowest BCUT2D eigenvalue weighted by molar-refractivity contribution is 0.766. The number of aliphatic imine (C=N–C) groups is 1. The molecule has 0 spiro atoms. The first-order chi connectivity index (χ1) is 10.7. The standard InChI is InChI=1S/C15H24N6S/c1-4-13-10-18-14(22-13)6-7-17-15(16-5-2)19-8-12-9-20-21(3)11-12/h9-11H,4-8H2,1-3H3,(H2,16,17,19). The van der Waals surface area contributed by atoms with Gasteiger partial charge in [0.05, 0.1) is 17.7 Å². The lowest BCUT2D eigenvalue weighted by atomic mass is 10.4. The van der Waals surface area contributed by atoms with Crippen molar-refractivity contribution in [3.63, 3.8) is 0 Å². The Kier molecular flexibility index (Phi) is 6.39. The van der Waals surface area contributed by atoms with E-state index < -0.39 is 0 Å². The average Bonchev–Trinajstić information content (AvgIpc) is 3.13. The molecular formula is C15H24N6S. The summed E-state index contributed by atoms with van der Waals surface area (Å²) in [5, 5.41) is 11.9. The number of guanidine groups is 1. The van der Waals surface area contributed by atoms with E-state index >= 15 is 0 Å². The molecule has 0 bridgehead atoms. The summed E-state index contributed by atoms with van der Waals surface area (Å²) in [5.74, 6) is 0.832. The van der Waals surface area contributed by atoms with Gasteiger partial charge in [-0.2, -0.15) is 5.10 Å². The Morgan fingerprint density at radius 3 is 2.82 bits per heavy atom. The van der Waals surface area contributed by atoms with Crippen molar-refractivity contribution in [1.82, 2.24) is 25.4 Å². The molecule has 6 nitrogen and oxygen atoms in total. The second-order valence-electron chi connectivity index (χ2n) is 4.97. The first-order valence-electron chi connectivity index (χ1n) is 7.64. The zero-order valence-corrected chi connectivity index (χ0v) is 14.3. The number of aryl methyl sites for hydroxylation is 2. The van der Waals surface area contributed by atoms with E-state index in [1.165, 1.54) is 9.88 Å². The molecule has 2 rings (SSSR count). The first kappa shape index (κ1) is 16.5. The van der Waals surface area contributed by atoms with Gasteiger partial charge in [0, 0.05) is 49.4 Å². The summed E-state index contributed by atoms with van der Waals surface area (Å²) in [7, 11) is 1.91. The molecule has 2 N–H and O–H groups in total. The number of nitrogens with zero attached hydrogens (tertiary/aromatic N) is 4. The van der Waals surface area contributed by atoms with Crippen molar-refractivity contribution in [1.29, 1.82) is 0 Å². The SMILES string of the molecule is CCNC(=NCc1cnn(C)c1)NCCc1ncc(CC)s1. The van der Waals surface area contributed by atoms with E-state index in [9.17, 15) is 0 Å². The second kappa shape index (κ2) is 8.53. The maximum atomic E-state index is 4.57. The molecule has 7 heteroatoms. The molecule has 0 aliphatic heterocycles. The predicted octanol–water partition coefficient (Wildman–Crippen LogP) is 1.74. The van der Waals surface area contributed by atoms with Crippen molar-refractivity contribution in [2.75, 3.05) is 13.1 Å². The minimum absolute atomic E-state index is 0.625. The molecule has 22 heavy (non-hydrogen) atoms. The van der Waals surface area contributed by atoms with Gasteiger partial charge in [-0.3, -0.25) is 4.68 Å². The lowest BCUT2D eigenvalue weighted by Crippen LogP contribution is -2.38. The number of rotatable bonds is 7. The molecule has 0 saturated heterocycles. The van der Waals surface area contributed by atoms with Crippen LogP contribution in [-0.4, -0.2) is 33.8 Å². The summed E-state index contributed by atoms with van der Waals surface area (Å²) in [4.78, 5) is 10.3. The summed E-state index contributed by atoms with van der Waals surface area (Å²) >= 11 is 1.79. The maximum absolute atomic E-state index is 4.57. The Bertz CT molecular complexity index is 601. The number of nitrogens with one attached hydrogen (secondary N) is 2. The van der Waals surface area contributed by atoms with Gasteiger partial charge >= 0.3 is 0 Å². The van der Waals surface area contributed by atoms with Crippen LogP contribution in [-0.2, 0) is 26.4 Å². The monoisotopic (exact) mass is 320 g/mol. The van der Waals surface area contributed by atoms with Crippen LogP contribution in [0.25, 0.3) is 0 Å². The van der Waals surface area contributed by atoms with Gasteiger partial charge in [0.15, 0.2) is 5.96 Å². The Hall–Kier alpha value is -1.89. The van der Waals surface area contributed by atoms with Gasteiger partial charge in [0.25, 0.3) is 0 Å². The van der Waals surface area contributed by atoms with Gasteiger partial charge in [-0.05, 0) is 13.3 Å². The molecule has 0 unspecified atom stereocenters. The van der Waals surface area contributed by atoms with E-state index in [0.717, 1.165) is 37.5 Å². The zero-order valence-electron chi connectivity index (χ0n) is 13.5. The molecule has 120 valence electrons. The number of aromatic nitrogens is 3. The quantitative estimate of drug-likeness (QED) is 0.602. The highest BCUT2D eigenvalue weighted by atomic mass is 32.1. The van der Waals surface area contributed by atoms with Gasteiger partial charge in [-0.1, -0.05) is 6.92 Å². The highest BCUT2D eigenvalue weighted by Crippen LogP contribution is 2.13. The van der Waals surface area contributed by atoms with Crippen LogP contribution in [0.3, 0.4) is 0 Å². The normalized spacial score (nSPS) is 11.7. The molecule has 2 heterocycles. The minimum atomic E-state index is 0.625. The van der Waals surface area contributed by atoms with E-state index in [-0.39, 0.29) is 0 Å². The van der Waals surface area contributed by atoms with Crippen molar-refractivity contribution in [3.8, 4) is 0 Å². The van der Waals surface area contributed by atoms with E-state index in [0.29, 0.717) is 6.54 Å². The predicted molar refractivity (Wildman–Crippen MR) is 91.2 cm³/mol. The third-order valence-corrected chi connectivity index (χ3v) is 4.30. The largest absolute Gasteiger partial charge is 0.357 e. The van der Waals surface area contributed by atoms with Crippen molar-refractivity contribution in [2.45, 2.75) is 33.2 Å². The van der Waals surface area contributed by atoms with Crippen LogP contribution in [0.1, 0.15) is 29.3 Å². The molecule has 0 aliphatic carbocycles. The molecule has 0 fully saturated rings. The third-order valence-electron chi connectivity index (χ3n) is 3.10. The fraction of sp³-hybridized carbons (Fsp3) is 0.533. The Balaban J connectivity index is 1.82. The maximum Gasteiger partial charge on any atom is 0.191 e. The summed E-state index contributed by atoms with van der Waals surface area (Å²) in [6.45, 7) is 6.52. The molecule has 2 aromatic rings. The smallest absolute Gasteiger partial charge is 0.191 e. The highest BCUT2D eigenvalue weighted by Gasteiger charge is 2.02. The van der Waals surface area contributed by atoms with Gasteiger partial charge in [0.1, 0.15) is 0 Å².